The summed E-state index contributed by atoms with van der Waals surface area (Å²) in [5.41, 5.74) is 0.958. The molecule has 1 aliphatic rings. The van der Waals surface area contributed by atoms with Crippen molar-refractivity contribution in [2.75, 3.05) is 20.1 Å². The van der Waals surface area contributed by atoms with Gasteiger partial charge in [-0.25, -0.2) is 0 Å². The number of carbonyl (C=O) groups is 2. The molecule has 5 nitrogen and oxygen atoms in total. The highest BCUT2D eigenvalue weighted by molar-refractivity contribution is 5.88. The molecule has 0 bridgehead atoms. The second-order valence-electron chi connectivity index (χ2n) is 6.84. The molecule has 1 fully saturated rings. The van der Waals surface area contributed by atoms with Crippen LogP contribution in [0.3, 0.4) is 0 Å². The molecule has 24 heavy (non-hydrogen) atoms. The van der Waals surface area contributed by atoms with Crippen LogP contribution in [0.5, 0.6) is 0 Å². The third kappa shape index (κ3) is 5.06. The maximum absolute atomic E-state index is 12.8. The van der Waals surface area contributed by atoms with Gasteiger partial charge in [0, 0.05) is 19.1 Å². The summed E-state index contributed by atoms with van der Waals surface area (Å²) >= 11 is 0. The number of likely N-dealkylation sites (tertiary alicyclic amines) is 1. The minimum absolute atomic E-state index is 0.0426. The number of hydrogen-bond acceptors (Lipinski definition) is 3. The van der Waals surface area contributed by atoms with Gasteiger partial charge in [0.15, 0.2) is 0 Å². The van der Waals surface area contributed by atoms with E-state index in [1.54, 1.807) is 0 Å². The van der Waals surface area contributed by atoms with Gasteiger partial charge in [0.25, 0.3) is 0 Å². The Morgan fingerprint density at radius 1 is 1.17 bits per heavy atom. The van der Waals surface area contributed by atoms with Crippen molar-refractivity contribution >= 4 is 11.8 Å². The monoisotopic (exact) mass is 331 g/mol. The van der Waals surface area contributed by atoms with E-state index in [1.165, 1.54) is 0 Å². The van der Waals surface area contributed by atoms with Crippen molar-refractivity contribution in [3.05, 3.63) is 35.9 Å². The third-order valence-electron chi connectivity index (χ3n) is 4.67. The number of amides is 2. The SMILES string of the molecule is CNC1CCN(C(=O)C(NC(=O)Cc2ccccc2)C(C)C)CC1. The summed E-state index contributed by atoms with van der Waals surface area (Å²) < 4.78 is 0. The van der Waals surface area contributed by atoms with E-state index >= 15 is 0 Å². The van der Waals surface area contributed by atoms with E-state index in [9.17, 15) is 9.59 Å². The van der Waals surface area contributed by atoms with Crippen LogP contribution in [-0.2, 0) is 16.0 Å². The van der Waals surface area contributed by atoms with Crippen LogP contribution < -0.4 is 10.6 Å². The first kappa shape index (κ1) is 18.5. The minimum Gasteiger partial charge on any atom is -0.344 e. The Balaban J connectivity index is 1.93. The van der Waals surface area contributed by atoms with E-state index in [2.05, 4.69) is 10.6 Å². The van der Waals surface area contributed by atoms with E-state index < -0.39 is 6.04 Å². The molecular formula is C19H29N3O2. The summed E-state index contributed by atoms with van der Waals surface area (Å²) in [6.45, 7) is 5.46. The lowest BCUT2D eigenvalue weighted by molar-refractivity contribution is -0.138. The van der Waals surface area contributed by atoms with Crippen LogP contribution in [0.4, 0.5) is 0 Å². The summed E-state index contributed by atoms with van der Waals surface area (Å²) in [5.74, 6) is 0.0126. The van der Waals surface area contributed by atoms with Gasteiger partial charge in [-0.1, -0.05) is 44.2 Å². The Morgan fingerprint density at radius 2 is 1.79 bits per heavy atom. The number of hydrogen-bond donors (Lipinski definition) is 2. The van der Waals surface area contributed by atoms with Crippen molar-refractivity contribution < 1.29 is 9.59 Å². The Labute approximate surface area is 144 Å². The minimum atomic E-state index is -0.452. The van der Waals surface area contributed by atoms with Crippen LogP contribution in [0, 0.1) is 5.92 Å². The van der Waals surface area contributed by atoms with Gasteiger partial charge in [-0.3, -0.25) is 9.59 Å². The molecule has 2 rings (SSSR count). The molecule has 132 valence electrons. The smallest absolute Gasteiger partial charge is 0.245 e. The molecule has 0 radical (unpaired) electrons. The summed E-state index contributed by atoms with van der Waals surface area (Å²) in [5, 5.41) is 6.21. The van der Waals surface area contributed by atoms with Crippen molar-refractivity contribution in [1.82, 2.24) is 15.5 Å². The second kappa shape index (κ2) is 8.83. The first-order valence-corrected chi connectivity index (χ1v) is 8.80. The molecule has 0 saturated carbocycles. The molecule has 1 aliphatic heterocycles. The number of benzene rings is 1. The lowest BCUT2D eigenvalue weighted by Crippen LogP contribution is -2.54. The van der Waals surface area contributed by atoms with E-state index in [0.717, 1.165) is 31.5 Å². The first-order valence-electron chi connectivity index (χ1n) is 8.80. The lowest BCUT2D eigenvalue weighted by Gasteiger charge is -2.35. The summed E-state index contributed by atoms with van der Waals surface area (Å²) in [6.07, 6.45) is 2.23. The molecule has 1 saturated heterocycles. The molecule has 0 aromatic heterocycles. The van der Waals surface area contributed by atoms with Gasteiger partial charge >= 0.3 is 0 Å². The average molecular weight is 331 g/mol. The number of carbonyl (C=O) groups excluding carboxylic acids is 2. The molecule has 2 amide bonds. The van der Waals surface area contributed by atoms with Crippen LogP contribution >= 0.6 is 0 Å². The highest BCUT2D eigenvalue weighted by Crippen LogP contribution is 2.14. The summed E-state index contributed by atoms with van der Waals surface area (Å²) in [4.78, 5) is 27.0. The molecule has 2 N–H and O–H groups in total. The topological polar surface area (TPSA) is 61.4 Å². The van der Waals surface area contributed by atoms with Crippen molar-refractivity contribution in [2.45, 2.75) is 45.2 Å². The van der Waals surface area contributed by atoms with Crippen LogP contribution in [-0.4, -0.2) is 48.9 Å². The first-order chi connectivity index (χ1) is 11.5. The Morgan fingerprint density at radius 3 is 2.33 bits per heavy atom. The molecule has 1 heterocycles. The van der Waals surface area contributed by atoms with Gasteiger partial charge in [0.2, 0.25) is 11.8 Å². The summed E-state index contributed by atoms with van der Waals surface area (Å²) in [7, 11) is 1.96. The fraction of sp³-hybridized carbons (Fsp3) is 0.579. The zero-order valence-corrected chi connectivity index (χ0v) is 14.9. The van der Waals surface area contributed by atoms with Crippen molar-refractivity contribution in [2.24, 2.45) is 5.92 Å². The quantitative estimate of drug-likeness (QED) is 0.832. The lowest BCUT2D eigenvalue weighted by atomic mass is 9.99. The van der Waals surface area contributed by atoms with Crippen molar-refractivity contribution in [3.63, 3.8) is 0 Å². The molecule has 1 aromatic carbocycles. The fourth-order valence-electron chi connectivity index (χ4n) is 3.10. The number of nitrogens with one attached hydrogen (secondary N) is 2. The van der Waals surface area contributed by atoms with Crippen molar-refractivity contribution in [1.29, 1.82) is 0 Å². The highest BCUT2D eigenvalue weighted by atomic mass is 16.2. The van der Waals surface area contributed by atoms with Crippen LogP contribution in [0.2, 0.25) is 0 Å². The van der Waals surface area contributed by atoms with Gasteiger partial charge < -0.3 is 15.5 Å². The largest absolute Gasteiger partial charge is 0.344 e. The zero-order chi connectivity index (χ0) is 17.5. The maximum atomic E-state index is 12.8. The van der Waals surface area contributed by atoms with Gasteiger partial charge in [0.1, 0.15) is 6.04 Å². The molecule has 1 atom stereocenters. The Bertz CT molecular complexity index is 537. The molecule has 0 spiro atoms. The van der Waals surface area contributed by atoms with Gasteiger partial charge in [-0.05, 0) is 31.4 Å². The van der Waals surface area contributed by atoms with Gasteiger partial charge in [0.05, 0.1) is 6.42 Å². The van der Waals surface area contributed by atoms with Crippen LogP contribution in [0.1, 0.15) is 32.3 Å². The highest BCUT2D eigenvalue weighted by Gasteiger charge is 2.30. The second-order valence-corrected chi connectivity index (χ2v) is 6.84. The normalized spacial score (nSPS) is 16.9. The van der Waals surface area contributed by atoms with Gasteiger partial charge in [-0.2, -0.15) is 0 Å². The van der Waals surface area contributed by atoms with Crippen LogP contribution in [0.25, 0.3) is 0 Å². The summed E-state index contributed by atoms with van der Waals surface area (Å²) in [6, 6.07) is 9.64. The maximum Gasteiger partial charge on any atom is 0.245 e. The third-order valence-corrected chi connectivity index (χ3v) is 4.67. The fourth-order valence-corrected chi connectivity index (χ4v) is 3.10. The molecule has 1 unspecified atom stereocenters. The van der Waals surface area contributed by atoms with Crippen LogP contribution in [0.15, 0.2) is 30.3 Å². The predicted octanol–water partition coefficient (Wildman–Crippen LogP) is 1.58. The number of nitrogens with zero attached hydrogens (tertiary/aromatic N) is 1. The zero-order valence-electron chi connectivity index (χ0n) is 14.9. The van der Waals surface area contributed by atoms with E-state index in [0.29, 0.717) is 12.5 Å². The standard InChI is InChI=1S/C19H29N3O2/c1-14(2)18(19(24)22-11-9-16(20-3)10-12-22)21-17(23)13-15-7-5-4-6-8-15/h4-8,14,16,18,20H,9-13H2,1-3H3,(H,21,23). The van der Waals surface area contributed by atoms with Crippen molar-refractivity contribution in [3.8, 4) is 0 Å². The Hall–Kier alpha value is -1.88. The molecule has 0 aliphatic carbocycles. The molecular weight excluding hydrogens is 302 g/mol. The van der Waals surface area contributed by atoms with Gasteiger partial charge in [-0.15, -0.1) is 0 Å². The number of piperidine rings is 1. The average Bonchev–Trinajstić information content (AvgIpc) is 2.60. The Kier molecular flexibility index (Phi) is 6.79. The van der Waals surface area contributed by atoms with E-state index in [1.807, 2.05) is 56.1 Å². The molecule has 1 aromatic rings. The number of rotatable bonds is 6. The van der Waals surface area contributed by atoms with E-state index in [4.69, 9.17) is 0 Å². The predicted molar refractivity (Wildman–Crippen MR) is 95.6 cm³/mol. The molecule has 5 heteroatoms. The van der Waals surface area contributed by atoms with E-state index in [-0.39, 0.29) is 17.7 Å².